The number of aromatic amines is 1. The lowest BCUT2D eigenvalue weighted by molar-refractivity contribution is 0.103. The van der Waals surface area contributed by atoms with Crippen LogP contribution in [0, 0.1) is 0 Å². The Morgan fingerprint density at radius 3 is 2.92 bits per heavy atom. The highest BCUT2D eigenvalue weighted by Crippen LogP contribution is 2.35. The standard InChI is InChI=1S/C20H17NO4S/c1-20(2)11-13-8-12(5-6-15(13)25-20)9-17-19(23)21-18(26-17)10-14(22)16-4-3-7-24-16/h3-10H,11H2,1-2H3,(H,21,23). The Kier molecular flexibility index (Phi) is 3.92. The lowest BCUT2D eigenvalue weighted by atomic mass is 10.0. The molecule has 1 aliphatic heterocycles. The molecule has 0 radical (unpaired) electrons. The molecule has 1 N–H and O–H groups in total. The van der Waals surface area contributed by atoms with Gasteiger partial charge in [-0.15, -0.1) is 11.3 Å². The molecule has 5 nitrogen and oxygen atoms in total. The number of nitrogens with one attached hydrogen (secondary N) is 1. The van der Waals surface area contributed by atoms with Crippen molar-refractivity contribution in [3.63, 3.8) is 0 Å². The molecule has 0 amide bonds. The molecular formula is C20H17NO4S. The SMILES string of the molecule is CC1(C)Cc2cc(C=c3sc(=CC(=O)c4ccco4)[nH]c3=O)ccc2O1. The monoisotopic (exact) mass is 367 g/mol. The Balaban J connectivity index is 1.69. The quantitative estimate of drug-likeness (QED) is 0.721. The Labute approximate surface area is 153 Å². The molecule has 0 saturated heterocycles. The average Bonchev–Trinajstić information content (AvgIpc) is 3.26. The molecule has 4 rings (SSSR count). The summed E-state index contributed by atoms with van der Waals surface area (Å²) in [5, 5.41) is 0. The van der Waals surface area contributed by atoms with Crippen molar-refractivity contribution >= 4 is 29.3 Å². The molecule has 26 heavy (non-hydrogen) atoms. The van der Waals surface area contributed by atoms with Crippen molar-refractivity contribution in [2.75, 3.05) is 0 Å². The molecule has 1 aromatic carbocycles. The number of rotatable bonds is 3. The van der Waals surface area contributed by atoms with Gasteiger partial charge >= 0.3 is 0 Å². The van der Waals surface area contributed by atoms with Gasteiger partial charge in [0.2, 0.25) is 5.78 Å². The van der Waals surface area contributed by atoms with Crippen LogP contribution in [0.4, 0.5) is 0 Å². The Morgan fingerprint density at radius 1 is 1.31 bits per heavy atom. The summed E-state index contributed by atoms with van der Waals surface area (Å²) in [6.07, 6.45) is 5.48. The molecule has 1 aliphatic rings. The van der Waals surface area contributed by atoms with Crippen LogP contribution >= 0.6 is 11.3 Å². The molecule has 0 aliphatic carbocycles. The van der Waals surface area contributed by atoms with E-state index < -0.39 is 0 Å². The first kappa shape index (κ1) is 16.6. The maximum absolute atomic E-state index is 12.2. The van der Waals surface area contributed by atoms with Crippen LogP contribution in [-0.4, -0.2) is 16.4 Å². The van der Waals surface area contributed by atoms with Crippen molar-refractivity contribution in [1.82, 2.24) is 4.98 Å². The molecule has 3 aromatic rings. The van der Waals surface area contributed by atoms with Gasteiger partial charge in [-0.3, -0.25) is 9.59 Å². The number of hydrogen-bond donors (Lipinski definition) is 1. The first-order valence-corrected chi connectivity index (χ1v) is 9.04. The number of Topliss-reactive ketones (excluding diaryl/α,β-unsaturated/α-hetero) is 1. The van der Waals surface area contributed by atoms with E-state index in [9.17, 15) is 9.59 Å². The number of furan rings is 1. The maximum Gasteiger partial charge on any atom is 0.266 e. The Morgan fingerprint density at radius 2 is 2.15 bits per heavy atom. The highest BCUT2D eigenvalue weighted by atomic mass is 32.1. The Bertz CT molecular complexity index is 1150. The highest BCUT2D eigenvalue weighted by Gasteiger charge is 2.29. The van der Waals surface area contributed by atoms with Crippen molar-refractivity contribution in [2.24, 2.45) is 0 Å². The molecule has 132 valence electrons. The molecule has 0 bridgehead atoms. The minimum atomic E-state index is -0.282. The zero-order valence-corrected chi connectivity index (χ0v) is 15.2. The van der Waals surface area contributed by atoms with Gasteiger partial charge in [0, 0.05) is 12.5 Å². The number of ether oxygens (including phenoxy) is 1. The van der Waals surface area contributed by atoms with E-state index >= 15 is 0 Å². The van der Waals surface area contributed by atoms with E-state index in [1.54, 1.807) is 12.1 Å². The van der Waals surface area contributed by atoms with Crippen LogP contribution in [-0.2, 0) is 6.42 Å². The van der Waals surface area contributed by atoms with Crippen molar-refractivity contribution < 1.29 is 13.9 Å². The van der Waals surface area contributed by atoms with Gasteiger partial charge in [-0.1, -0.05) is 6.07 Å². The summed E-state index contributed by atoms with van der Waals surface area (Å²) in [7, 11) is 0. The van der Waals surface area contributed by atoms with Gasteiger partial charge in [0.25, 0.3) is 5.56 Å². The minimum absolute atomic E-state index is 0.199. The molecule has 0 spiro atoms. The molecule has 2 aromatic heterocycles. The van der Waals surface area contributed by atoms with Gasteiger partial charge < -0.3 is 14.1 Å². The van der Waals surface area contributed by atoms with E-state index in [4.69, 9.17) is 9.15 Å². The van der Waals surface area contributed by atoms with Gasteiger partial charge in [-0.25, -0.2) is 0 Å². The number of thiazole rings is 1. The summed E-state index contributed by atoms with van der Waals surface area (Å²) in [4.78, 5) is 27.0. The summed E-state index contributed by atoms with van der Waals surface area (Å²) in [5.74, 6) is 0.854. The van der Waals surface area contributed by atoms with Crippen LogP contribution < -0.4 is 19.5 Å². The number of carbonyl (C=O) groups excluding carboxylic acids is 1. The number of H-pyrrole nitrogens is 1. The summed E-state index contributed by atoms with van der Waals surface area (Å²) in [6, 6.07) is 9.14. The van der Waals surface area contributed by atoms with Crippen molar-refractivity contribution in [3.05, 3.63) is 73.0 Å². The van der Waals surface area contributed by atoms with Crippen LogP contribution in [0.3, 0.4) is 0 Å². The fourth-order valence-corrected chi connectivity index (χ4v) is 3.89. The second-order valence-electron chi connectivity index (χ2n) is 6.82. The van der Waals surface area contributed by atoms with Gasteiger partial charge in [-0.05, 0) is 55.3 Å². The first-order chi connectivity index (χ1) is 12.4. The fraction of sp³-hybridized carbons (Fsp3) is 0.200. The molecule has 6 heteroatoms. The lowest BCUT2D eigenvalue weighted by Crippen LogP contribution is -2.24. The molecule has 0 fully saturated rings. The zero-order chi connectivity index (χ0) is 18.3. The number of carbonyl (C=O) groups is 1. The van der Waals surface area contributed by atoms with E-state index in [-0.39, 0.29) is 22.7 Å². The van der Waals surface area contributed by atoms with E-state index in [1.165, 1.54) is 23.7 Å². The summed E-state index contributed by atoms with van der Waals surface area (Å²) in [5.41, 5.74) is 1.65. The average molecular weight is 367 g/mol. The normalized spacial score (nSPS) is 16.5. The van der Waals surface area contributed by atoms with Gasteiger partial charge in [0.1, 0.15) is 11.4 Å². The smallest absolute Gasteiger partial charge is 0.266 e. The predicted octanol–water partition coefficient (Wildman–Crippen LogP) is 2.24. The third kappa shape index (κ3) is 3.28. The van der Waals surface area contributed by atoms with Crippen molar-refractivity contribution in [2.45, 2.75) is 25.9 Å². The number of aromatic nitrogens is 1. The minimum Gasteiger partial charge on any atom is -0.487 e. The molecule has 0 atom stereocenters. The topological polar surface area (TPSA) is 72.3 Å². The molecular weight excluding hydrogens is 350 g/mol. The van der Waals surface area contributed by atoms with E-state index in [2.05, 4.69) is 18.8 Å². The van der Waals surface area contributed by atoms with Crippen LogP contribution in [0.15, 0.2) is 45.8 Å². The third-order valence-corrected chi connectivity index (χ3v) is 5.05. The lowest BCUT2D eigenvalue weighted by Gasteiger charge is -2.16. The molecule has 3 heterocycles. The van der Waals surface area contributed by atoms with Crippen LogP contribution in [0.5, 0.6) is 5.75 Å². The van der Waals surface area contributed by atoms with E-state index in [1.807, 2.05) is 24.3 Å². The number of fused-ring (bicyclic) bond motifs is 1. The summed E-state index contributed by atoms with van der Waals surface area (Å²) >= 11 is 1.24. The second-order valence-corrected chi connectivity index (χ2v) is 7.90. The maximum atomic E-state index is 12.2. The Hall–Kier alpha value is -2.86. The van der Waals surface area contributed by atoms with Gasteiger partial charge in [0.15, 0.2) is 5.76 Å². The summed E-state index contributed by atoms with van der Waals surface area (Å²) < 4.78 is 12.0. The number of benzene rings is 1. The van der Waals surface area contributed by atoms with Gasteiger partial charge in [0.05, 0.1) is 15.5 Å². The van der Waals surface area contributed by atoms with Crippen LogP contribution in [0.2, 0.25) is 0 Å². The van der Waals surface area contributed by atoms with Crippen molar-refractivity contribution in [3.8, 4) is 5.75 Å². The van der Waals surface area contributed by atoms with E-state index in [0.29, 0.717) is 9.20 Å². The van der Waals surface area contributed by atoms with Crippen molar-refractivity contribution in [1.29, 1.82) is 0 Å². The zero-order valence-electron chi connectivity index (χ0n) is 14.4. The second kappa shape index (κ2) is 6.14. The predicted molar refractivity (Wildman–Crippen MR) is 100 cm³/mol. The molecule has 0 unspecified atom stereocenters. The summed E-state index contributed by atoms with van der Waals surface area (Å²) in [6.45, 7) is 4.11. The first-order valence-electron chi connectivity index (χ1n) is 8.22. The molecule has 0 saturated carbocycles. The third-order valence-electron chi connectivity index (χ3n) is 4.09. The van der Waals surface area contributed by atoms with Gasteiger partial charge in [-0.2, -0.15) is 0 Å². The van der Waals surface area contributed by atoms with E-state index in [0.717, 1.165) is 23.3 Å². The van der Waals surface area contributed by atoms with Crippen LogP contribution in [0.1, 0.15) is 35.5 Å². The largest absolute Gasteiger partial charge is 0.487 e. The number of ketones is 1. The highest BCUT2D eigenvalue weighted by molar-refractivity contribution is 7.07. The fourth-order valence-electron chi connectivity index (χ4n) is 3.00. The number of hydrogen-bond acceptors (Lipinski definition) is 5. The van der Waals surface area contributed by atoms with Crippen LogP contribution in [0.25, 0.3) is 12.2 Å².